The second-order valence-electron chi connectivity index (χ2n) is 10.1. The van der Waals surface area contributed by atoms with Crippen LogP contribution in [0.25, 0.3) is 22.3 Å². The third kappa shape index (κ3) is 6.47. The number of unbranched alkanes of at least 4 members (excludes halogenated alkanes) is 4. The van der Waals surface area contributed by atoms with E-state index in [1.54, 1.807) is 36.4 Å². The van der Waals surface area contributed by atoms with Crippen molar-refractivity contribution in [2.24, 2.45) is 5.92 Å². The summed E-state index contributed by atoms with van der Waals surface area (Å²) in [7, 11) is 0. The van der Waals surface area contributed by atoms with Crippen LogP contribution in [0.1, 0.15) is 76.2 Å². The maximum atomic E-state index is 15.1. The largest absolute Gasteiger partial charge is 0.348 e. The molecule has 3 aromatic carbocycles. The average molecular weight is 529 g/mol. The summed E-state index contributed by atoms with van der Waals surface area (Å²) in [6.45, 7) is 5.01. The highest BCUT2D eigenvalue weighted by molar-refractivity contribution is 5.71. The summed E-state index contributed by atoms with van der Waals surface area (Å²) < 4.78 is 70.7. The van der Waals surface area contributed by atoms with Crippen LogP contribution in [-0.4, -0.2) is 13.2 Å². The van der Waals surface area contributed by atoms with Crippen LogP contribution < -0.4 is 0 Å². The van der Waals surface area contributed by atoms with E-state index >= 15 is 8.78 Å². The molecule has 1 fully saturated rings. The Kier molecular flexibility index (Phi) is 9.97. The molecule has 0 amide bonds. The zero-order chi connectivity index (χ0) is 27.1. The van der Waals surface area contributed by atoms with E-state index in [9.17, 15) is 8.78 Å². The molecule has 1 aliphatic rings. The third-order valence-corrected chi connectivity index (χ3v) is 7.24. The summed E-state index contributed by atoms with van der Waals surface area (Å²) >= 11 is 0. The molecule has 0 radical (unpaired) electrons. The van der Waals surface area contributed by atoms with Crippen LogP contribution in [0.15, 0.2) is 48.5 Å². The highest BCUT2D eigenvalue weighted by Crippen LogP contribution is 2.35. The fourth-order valence-corrected chi connectivity index (χ4v) is 5.00. The minimum Gasteiger partial charge on any atom is -0.348 e. The number of hydrogen-bond acceptors (Lipinski definition) is 2. The van der Waals surface area contributed by atoms with Gasteiger partial charge in [0, 0.05) is 22.6 Å². The summed E-state index contributed by atoms with van der Waals surface area (Å²) in [5.74, 6) is -3.49. The molecule has 0 aliphatic carbocycles. The van der Waals surface area contributed by atoms with Gasteiger partial charge in [-0.15, -0.1) is 0 Å². The van der Waals surface area contributed by atoms with Gasteiger partial charge in [0.2, 0.25) is 0 Å². The van der Waals surface area contributed by atoms with Crippen LogP contribution in [-0.2, 0) is 15.9 Å². The molecule has 0 bridgehead atoms. The standard InChI is InChI=1S/C32H36F4O2/c1-3-5-6-7-8-10-21-19-37-32(38-20-21)27-18-17-26(30(35)31(27)36)23-13-11-22(12-14-23)25-16-15-24(9-4-2)28(33)29(25)34/h11-18,21,32H,3-10,19-20H2,1-2H3. The Morgan fingerprint density at radius 3 is 1.82 bits per heavy atom. The van der Waals surface area contributed by atoms with Gasteiger partial charge in [-0.25, -0.2) is 17.6 Å². The molecule has 4 rings (SSSR count). The molecule has 6 heteroatoms. The van der Waals surface area contributed by atoms with Crippen LogP contribution in [0.5, 0.6) is 0 Å². The summed E-state index contributed by atoms with van der Waals surface area (Å²) in [6.07, 6.45) is 7.22. The number of aryl methyl sites for hydroxylation is 1. The first-order valence-electron chi connectivity index (χ1n) is 13.7. The van der Waals surface area contributed by atoms with Gasteiger partial charge < -0.3 is 9.47 Å². The third-order valence-electron chi connectivity index (χ3n) is 7.24. The minimum absolute atomic E-state index is 0.0361. The predicted octanol–water partition coefficient (Wildman–Crippen LogP) is 9.55. The Hall–Kier alpha value is -2.70. The number of benzene rings is 3. The van der Waals surface area contributed by atoms with Gasteiger partial charge in [-0.1, -0.05) is 101 Å². The zero-order valence-electron chi connectivity index (χ0n) is 22.2. The van der Waals surface area contributed by atoms with Crippen LogP contribution in [0, 0.1) is 29.2 Å². The van der Waals surface area contributed by atoms with E-state index in [0.29, 0.717) is 42.7 Å². The lowest BCUT2D eigenvalue weighted by atomic mass is 9.97. The van der Waals surface area contributed by atoms with Crippen molar-refractivity contribution in [2.75, 3.05) is 13.2 Å². The van der Waals surface area contributed by atoms with Crippen LogP contribution >= 0.6 is 0 Å². The Balaban J connectivity index is 1.43. The van der Waals surface area contributed by atoms with Gasteiger partial charge in [0.1, 0.15) is 0 Å². The first kappa shape index (κ1) is 28.3. The normalized spacial score (nSPS) is 17.6. The second kappa shape index (κ2) is 13.4. The van der Waals surface area contributed by atoms with Crippen molar-refractivity contribution < 1.29 is 27.0 Å². The fourth-order valence-electron chi connectivity index (χ4n) is 5.00. The van der Waals surface area contributed by atoms with E-state index in [-0.39, 0.29) is 22.6 Å². The molecule has 0 saturated carbocycles. The Bertz CT molecular complexity index is 1200. The number of halogens is 4. The SMILES string of the molecule is CCCCCCCC1COC(c2ccc(-c3ccc(-c4ccc(CCC)c(F)c4F)cc3)c(F)c2F)OC1. The van der Waals surface area contributed by atoms with Crippen molar-refractivity contribution in [3.8, 4) is 22.3 Å². The lowest BCUT2D eigenvalue weighted by Gasteiger charge is -2.30. The Morgan fingerprint density at radius 1 is 0.632 bits per heavy atom. The Morgan fingerprint density at radius 2 is 1.21 bits per heavy atom. The molecule has 2 nitrogen and oxygen atoms in total. The van der Waals surface area contributed by atoms with Gasteiger partial charge in [0.25, 0.3) is 0 Å². The van der Waals surface area contributed by atoms with Gasteiger partial charge >= 0.3 is 0 Å². The lowest BCUT2D eigenvalue weighted by molar-refractivity contribution is -0.207. The maximum Gasteiger partial charge on any atom is 0.186 e. The van der Waals surface area contributed by atoms with Gasteiger partial charge in [0.15, 0.2) is 29.6 Å². The first-order chi connectivity index (χ1) is 18.4. The summed E-state index contributed by atoms with van der Waals surface area (Å²) in [4.78, 5) is 0. The number of rotatable bonds is 11. The van der Waals surface area contributed by atoms with Crippen LogP contribution in [0.2, 0.25) is 0 Å². The molecule has 0 atom stereocenters. The van der Waals surface area contributed by atoms with E-state index in [4.69, 9.17) is 9.47 Å². The topological polar surface area (TPSA) is 18.5 Å². The molecule has 38 heavy (non-hydrogen) atoms. The zero-order valence-corrected chi connectivity index (χ0v) is 22.2. The van der Waals surface area contributed by atoms with Crippen molar-refractivity contribution in [3.63, 3.8) is 0 Å². The molecular weight excluding hydrogens is 492 g/mol. The number of ether oxygens (including phenoxy) is 2. The lowest BCUT2D eigenvalue weighted by Crippen LogP contribution is -2.27. The van der Waals surface area contributed by atoms with Crippen molar-refractivity contribution in [1.29, 1.82) is 0 Å². The van der Waals surface area contributed by atoms with Crippen LogP contribution in [0.4, 0.5) is 17.6 Å². The number of hydrogen-bond donors (Lipinski definition) is 0. The Labute approximate surface area is 223 Å². The molecule has 0 aromatic heterocycles. The molecule has 0 spiro atoms. The molecular formula is C32H36F4O2. The molecule has 1 saturated heterocycles. The van der Waals surface area contributed by atoms with E-state index in [1.165, 1.54) is 37.8 Å². The molecule has 3 aromatic rings. The van der Waals surface area contributed by atoms with Crippen molar-refractivity contribution in [2.45, 2.75) is 71.5 Å². The van der Waals surface area contributed by atoms with Crippen LogP contribution in [0.3, 0.4) is 0 Å². The van der Waals surface area contributed by atoms with Gasteiger partial charge in [-0.3, -0.25) is 0 Å². The molecule has 1 aliphatic heterocycles. The quantitative estimate of drug-likeness (QED) is 0.182. The summed E-state index contributed by atoms with van der Waals surface area (Å²) in [5.41, 5.74) is 1.45. The van der Waals surface area contributed by atoms with E-state index in [1.807, 2.05) is 6.92 Å². The van der Waals surface area contributed by atoms with Crippen molar-refractivity contribution >= 4 is 0 Å². The second-order valence-corrected chi connectivity index (χ2v) is 10.1. The van der Waals surface area contributed by atoms with E-state index in [0.717, 1.165) is 12.8 Å². The minimum atomic E-state index is -1.01. The van der Waals surface area contributed by atoms with Gasteiger partial charge in [0.05, 0.1) is 13.2 Å². The molecule has 1 heterocycles. The van der Waals surface area contributed by atoms with Gasteiger partial charge in [-0.2, -0.15) is 0 Å². The van der Waals surface area contributed by atoms with E-state index < -0.39 is 29.6 Å². The van der Waals surface area contributed by atoms with Crippen molar-refractivity contribution in [3.05, 3.63) is 82.9 Å². The highest BCUT2D eigenvalue weighted by Gasteiger charge is 2.28. The summed E-state index contributed by atoms with van der Waals surface area (Å²) in [5, 5.41) is 0. The molecule has 0 unspecified atom stereocenters. The smallest absolute Gasteiger partial charge is 0.186 e. The summed E-state index contributed by atoms with van der Waals surface area (Å²) in [6, 6.07) is 12.4. The van der Waals surface area contributed by atoms with E-state index in [2.05, 4.69) is 6.92 Å². The maximum absolute atomic E-state index is 15.1. The highest BCUT2D eigenvalue weighted by atomic mass is 19.2. The van der Waals surface area contributed by atoms with Gasteiger partial charge in [-0.05, 0) is 29.5 Å². The fraction of sp³-hybridized carbons (Fsp3) is 0.438. The molecule has 204 valence electrons. The predicted molar refractivity (Wildman–Crippen MR) is 143 cm³/mol. The monoisotopic (exact) mass is 528 g/mol. The average Bonchev–Trinajstić information content (AvgIpc) is 2.93. The van der Waals surface area contributed by atoms with Crippen molar-refractivity contribution in [1.82, 2.24) is 0 Å². The first-order valence-corrected chi connectivity index (χ1v) is 13.7. The molecule has 0 N–H and O–H groups in total.